The molecule has 0 aliphatic heterocycles. The standard InChI is InChI=1S/C12H14FNO3/c1-8(12(15)16)5-6-14-9-3-4-10(13)11(7-9)17-2/h3-5,7,14H,6H2,1-2H3,(H,15,16)/b8-5-. The van der Waals surface area contributed by atoms with Crippen molar-refractivity contribution in [2.75, 3.05) is 19.0 Å². The zero-order valence-corrected chi connectivity index (χ0v) is 9.66. The van der Waals surface area contributed by atoms with Gasteiger partial charge in [0.15, 0.2) is 11.6 Å². The highest BCUT2D eigenvalue weighted by atomic mass is 19.1. The fraction of sp³-hybridized carbons (Fsp3) is 0.250. The lowest BCUT2D eigenvalue weighted by Crippen LogP contribution is -2.03. The number of benzene rings is 1. The van der Waals surface area contributed by atoms with Gasteiger partial charge >= 0.3 is 5.97 Å². The molecule has 1 aromatic carbocycles. The van der Waals surface area contributed by atoms with Gasteiger partial charge in [0, 0.05) is 23.9 Å². The van der Waals surface area contributed by atoms with Crippen molar-refractivity contribution < 1.29 is 19.0 Å². The molecule has 0 unspecified atom stereocenters. The van der Waals surface area contributed by atoms with Gasteiger partial charge in [-0.2, -0.15) is 0 Å². The van der Waals surface area contributed by atoms with E-state index in [1.165, 1.54) is 32.2 Å². The summed E-state index contributed by atoms with van der Waals surface area (Å²) >= 11 is 0. The van der Waals surface area contributed by atoms with Crippen LogP contribution in [0.2, 0.25) is 0 Å². The number of anilines is 1. The lowest BCUT2D eigenvalue weighted by atomic mass is 10.2. The van der Waals surface area contributed by atoms with Crippen LogP contribution in [0.5, 0.6) is 5.75 Å². The Morgan fingerprint density at radius 2 is 2.29 bits per heavy atom. The molecule has 0 amide bonds. The summed E-state index contributed by atoms with van der Waals surface area (Å²) in [6.07, 6.45) is 1.54. The van der Waals surface area contributed by atoms with E-state index in [2.05, 4.69) is 5.32 Å². The Labute approximate surface area is 98.7 Å². The van der Waals surface area contributed by atoms with Crippen LogP contribution in [-0.4, -0.2) is 24.7 Å². The van der Waals surface area contributed by atoms with Crippen LogP contribution in [-0.2, 0) is 4.79 Å². The van der Waals surface area contributed by atoms with Gasteiger partial charge in [0.05, 0.1) is 7.11 Å². The van der Waals surface area contributed by atoms with Crippen molar-refractivity contribution in [2.24, 2.45) is 0 Å². The van der Waals surface area contributed by atoms with Gasteiger partial charge in [-0.1, -0.05) is 6.08 Å². The minimum Gasteiger partial charge on any atom is -0.494 e. The topological polar surface area (TPSA) is 58.6 Å². The van der Waals surface area contributed by atoms with Crippen molar-refractivity contribution in [1.82, 2.24) is 0 Å². The number of carbonyl (C=O) groups is 1. The van der Waals surface area contributed by atoms with Crippen LogP contribution in [0.4, 0.5) is 10.1 Å². The van der Waals surface area contributed by atoms with Crippen LogP contribution in [0.25, 0.3) is 0 Å². The molecule has 0 aliphatic rings. The Kier molecular flexibility index (Phi) is 4.51. The fourth-order valence-electron chi connectivity index (χ4n) is 1.18. The van der Waals surface area contributed by atoms with Gasteiger partial charge in [0.1, 0.15) is 0 Å². The predicted octanol–water partition coefficient (Wildman–Crippen LogP) is 2.28. The van der Waals surface area contributed by atoms with Crippen LogP contribution < -0.4 is 10.1 Å². The molecule has 17 heavy (non-hydrogen) atoms. The molecule has 0 saturated heterocycles. The molecule has 1 rings (SSSR count). The van der Waals surface area contributed by atoms with Crippen molar-refractivity contribution in [3.63, 3.8) is 0 Å². The van der Waals surface area contributed by atoms with Gasteiger partial charge in [-0.15, -0.1) is 0 Å². The van der Waals surface area contributed by atoms with E-state index < -0.39 is 11.8 Å². The third-order valence-electron chi connectivity index (χ3n) is 2.20. The number of hydrogen-bond acceptors (Lipinski definition) is 3. The number of nitrogens with one attached hydrogen (secondary N) is 1. The number of carboxylic acid groups (broad SMARTS) is 1. The van der Waals surface area contributed by atoms with Crippen LogP contribution in [0.3, 0.4) is 0 Å². The second-order valence-corrected chi connectivity index (χ2v) is 3.42. The number of halogens is 1. The van der Waals surface area contributed by atoms with Gasteiger partial charge in [-0.3, -0.25) is 0 Å². The summed E-state index contributed by atoms with van der Waals surface area (Å²) in [4.78, 5) is 10.5. The number of carboxylic acids is 1. The minimum atomic E-state index is -0.955. The third-order valence-corrected chi connectivity index (χ3v) is 2.20. The number of aliphatic carboxylic acids is 1. The molecule has 0 fully saturated rings. The zero-order chi connectivity index (χ0) is 12.8. The Morgan fingerprint density at radius 3 is 2.88 bits per heavy atom. The Morgan fingerprint density at radius 1 is 1.59 bits per heavy atom. The second-order valence-electron chi connectivity index (χ2n) is 3.42. The SMILES string of the molecule is COc1cc(NC/C=C(/C)C(=O)O)ccc1F. The number of methoxy groups -OCH3 is 1. The predicted molar refractivity (Wildman–Crippen MR) is 62.8 cm³/mol. The molecule has 92 valence electrons. The molecule has 4 nitrogen and oxygen atoms in total. The maximum atomic E-state index is 13.1. The van der Waals surface area contributed by atoms with Crippen LogP contribution >= 0.6 is 0 Å². The first-order chi connectivity index (χ1) is 8.04. The number of hydrogen-bond donors (Lipinski definition) is 2. The van der Waals surface area contributed by atoms with Crippen LogP contribution in [0, 0.1) is 5.82 Å². The molecule has 0 bridgehead atoms. The van der Waals surface area contributed by atoms with E-state index in [4.69, 9.17) is 9.84 Å². The molecule has 5 heteroatoms. The maximum Gasteiger partial charge on any atom is 0.331 e. The molecule has 0 aromatic heterocycles. The van der Waals surface area contributed by atoms with E-state index in [1.807, 2.05) is 0 Å². The monoisotopic (exact) mass is 239 g/mol. The summed E-state index contributed by atoms with van der Waals surface area (Å²) in [6.45, 7) is 1.86. The number of rotatable bonds is 5. The first kappa shape index (κ1) is 13.0. The quantitative estimate of drug-likeness (QED) is 0.774. The third kappa shape index (κ3) is 3.79. The van der Waals surface area contributed by atoms with Crippen LogP contribution in [0.1, 0.15) is 6.92 Å². The molecule has 0 aliphatic carbocycles. The lowest BCUT2D eigenvalue weighted by molar-refractivity contribution is -0.132. The average Bonchev–Trinajstić information content (AvgIpc) is 2.31. The first-order valence-corrected chi connectivity index (χ1v) is 5.02. The summed E-state index contributed by atoms with van der Waals surface area (Å²) in [5, 5.41) is 11.6. The van der Waals surface area contributed by atoms with Gasteiger partial charge in [0.25, 0.3) is 0 Å². The molecule has 0 spiro atoms. The zero-order valence-electron chi connectivity index (χ0n) is 9.66. The highest BCUT2D eigenvalue weighted by Crippen LogP contribution is 2.21. The Balaban J connectivity index is 2.64. The van der Waals surface area contributed by atoms with Gasteiger partial charge in [-0.05, 0) is 19.1 Å². The molecule has 0 radical (unpaired) electrons. The largest absolute Gasteiger partial charge is 0.494 e. The summed E-state index contributed by atoms with van der Waals surface area (Å²) in [5.74, 6) is -1.24. The molecular formula is C12H14FNO3. The normalized spacial score (nSPS) is 11.1. The molecule has 1 aromatic rings. The van der Waals surface area contributed by atoms with Crippen molar-refractivity contribution in [3.8, 4) is 5.75 Å². The van der Waals surface area contributed by atoms with Crippen molar-refractivity contribution in [1.29, 1.82) is 0 Å². The van der Waals surface area contributed by atoms with E-state index in [0.29, 0.717) is 12.2 Å². The van der Waals surface area contributed by atoms with Crippen molar-refractivity contribution in [2.45, 2.75) is 6.92 Å². The minimum absolute atomic E-state index is 0.147. The summed E-state index contributed by atoms with van der Waals surface area (Å²) in [6, 6.07) is 4.36. The Hall–Kier alpha value is -2.04. The molecule has 0 saturated carbocycles. The first-order valence-electron chi connectivity index (χ1n) is 5.02. The summed E-state index contributed by atoms with van der Waals surface area (Å²) in [5.41, 5.74) is 0.921. The van der Waals surface area contributed by atoms with E-state index in [1.54, 1.807) is 6.07 Å². The van der Waals surface area contributed by atoms with Crippen molar-refractivity contribution >= 4 is 11.7 Å². The number of ether oxygens (including phenoxy) is 1. The summed E-state index contributed by atoms with van der Waals surface area (Å²) < 4.78 is 17.9. The average molecular weight is 239 g/mol. The molecule has 0 atom stereocenters. The highest BCUT2D eigenvalue weighted by Gasteiger charge is 2.03. The summed E-state index contributed by atoms with van der Waals surface area (Å²) in [7, 11) is 1.39. The molecule has 0 heterocycles. The Bertz CT molecular complexity index is 443. The smallest absolute Gasteiger partial charge is 0.331 e. The lowest BCUT2D eigenvalue weighted by Gasteiger charge is -2.07. The van der Waals surface area contributed by atoms with Gasteiger partial charge < -0.3 is 15.2 Å². The maximum absolute atomic E-state index is 13.1. The van der Waals surface area contributed by atoms with E-state index in [0.717, 1.165) is 0 Å². The highest BCUT2D eigenvalue weighted by molar-refractivity contribution is 5.85. The van der Waals surface area contributed by atoms with Gasteiger partial charge in [0.2, 0.25) is 0 Å². The van der Waals surface area contributed by atoms with E-state index in [9.17, 15) is 9.18 Å². The second kappa shape index (κ2) is 5.89. The van der Waals surface area contributed by atoms with Gasteiger partial charge in [-0.25, -0.2) is 9.18 Å². The van der Waals surface area contributed by atoms with E-state index in [-0.39, 0.29) is 11.3 Å². The van der Waals surface area contributed by atoms with Crippen LogP contribution in [0.15, 0.2) is 29.8 Å². The van der Waals surface area contributed by atoms with E-state index >= 15 is 0 Å². The van der Waals surface area contributed by atoms with Crippen molar-refractivity contribution in [3.05, 3.63) is 35.7 Å². The fourth-order valence-corrected chi connectivity index (χ4v) is 1.18. The molecular weight excluding hydrogens is 225 g/mol. The molecule has 2 N–H and O–H groups in total.